The van der Waals surface area contributed by atoms with E-state index in [9.17, 15) is 4.79 Å². The van der Waals surface area contributed by atoms with E-state index < -0.39 is 0 Å². The van der Waals surface area contributed by atoms with Gasteiger partial charge in [0.05, 0.1) is 12.7 Å². The van der Waals surface area contributed by atoms with E-state index >= 15 is 0 Å². The summed E-state index contributed by atoms with van der Waals surface area (Å²) >= 11 is 0. The Kier molecular flexibility index (Phi) is 4.39. The highest BCUT2D eigenvalue weighted by molar-refractivity contribution is 5.88. The van der Waals surface area contributed by atoms with E-state index in [4.69, 9.17) is 0 Å². The summed E-state index contributed by atoms with van der Waals surface area (Å²) in [7, 11) is 1.38. The molecule has 0 heterocycles. The number of methoxy groups -OCH3 is 1. The maximum Gasteiger partial charge on any atom is 0.341 e. The van der Waals surface area contributed by atoms with Crippen molar-refractivity contribution in [1.82, 2.24) is 0 Å². The molecule has 0 N–H and O–H groups in total. The number of hydrogen-bond acceptors (Lipinski definition) is 2. The Labute approximate surface area is 89.9 Å². The molecular weight excluding hydrogens is 188 g/mol. The fourth-order valence-electron chi connectivity index (χ4n) is 1.28. The molecule has 0 saturated carbocycles. The molecule has 0 fully saturated rings. The van der Waals surface area contributed by atoms with Crippen molar-refractivity contribution in [3.63, 3.8) is 0 Å². The van der Waals surface area contributed by atoms with Crippen molar-refractivity contribution in [2.45, 2.75) is 13.3 Å². The second-order valence-corrected chi connectivity index (χ2v) is 3.07. The first kappa shape index (κ1) is 11.3. The molecule has 0 aromatic heterocycles. The molecule has 0 unspecified atom stereocenters. The smallest absolute Gasteiger partial charge is 0.341 e. The normalized spacial score (nSPS) is 8.93. The molecule has 2 nitrogen and oxygen atoms in total. The highest BCUT2D eigenvalue weighted by Crippen LogP contribution is 2.08. The lowest BCUT2D eigenvalue weighted by Gasteiger charge is -2.02. The average molecular weight is 202 g/mol. The van der Waals surface area contributed by atoms with Crippen LogP contribution in [0.4, 0.5) is 0 Å². The molecule has 0 spiro atoms. The summed E-state index contributed by atoms with van der Waals surface area (Å²) in [5.74, 6) is -0.322. The molecule has 15 heavy (non-hydrogen) atoms. The monoisotopic (exact) mass is 202 g/mol. The average Bonchev–Trinajstić information content (AvgIpc) is 2.29. The van der Waals surface area contributed by atoms with E-state index in [-0.39, 0.29) is 5.97 Å². The van der Waals surface area contributed by atoms with Crippen LogP contribution in [0.1, 0.15) is 12.5 Å². The molecule has 0 aliphatic heterocycles. The standard InChI is InChI=1S/C13H14O2/c1-3-7-12(13(14)15-2)10-11-8-5-4-6-9-11/h3-6,8-9H,10H2,1-2H3. The SMILES string of the molecule is CC=C=C(Cc1ccccc1)C(=O)OC. The predicted molar refractivity (Wildman–Crippen MR) is 59.4 cm³/mol. The van der Waals surface area contributed by atoms with Gasteiger partial charge >= 0.3 is 5.97 Å². The second-order valence-electron chi connectivity index (χ2n) is 3.07. The fourth-order valence-corrected chi connectivity index (χ4v) is 1.28. The van der Waals surface area contributed by atoms with E-state index in [1.807, 2.05) is 37.3 Å². The molecule has 2 heteroatoms. The number of rotatable bonds is 3. The third-order valence-corrected chi connectivity index (χ3v) is 1.97. The first-order chi connectivity index (χ1) is 7.27. The van der Waals surface area contributed by atoms with Gasteiger partial charge in [0, 0.05) is 6.42 Å². The summed E-state index contributed by atoms with van der Waals surface area (Å²) in [6.07, 6.45) is 2.27. The lowest BCUT2D eigenvalue weighted by atomic mass is 10.1. The zero-order valence-corrected chi connectivity index (χ0v) is 8.99. The van der Waals surface area contributed by atoms with Crippen molar-refractivity contribution in [2.24, 2.45) is 0 Å². The minimum absolute atomic E-state index is 0.322. The first-order valence-electron chi connectivity index (χ1n) is 4.80. The van der Waals surface area contributed by atoms with Gasteiger partial charge in [0.25, 0.3) is 0 Å². The molecule has 0 saturated heterocycles. The second kappa shape index (κ2) is 5.84. The minimum atomic E-state index is -0.322. The molecule has 0 aliphatic carbocycles. The zero-order valence-electron chi connectivity index (χ0n) is 8.99. The zero-order chi connectivity index (χ0) is 11.1. The van der Waals surface area contributed by atoms with Gasteiger partial charge < -0.3 is 4.74 Å². The lowest BCUT2D eigenvalue weighted by Crippen LogP contribution is -2.06. The van der Waals surface area contributed by atoms with Gasteiger partial charge in [-0.15, -0.1) is 5.73 Å². The number of ether oxygens (including phenoxy) is 1. The van der Waals surface area contributed by atoms with Crippen LogP contribution in [0.15, 0.2) is 47.7 Å². The molecule has 0 amide bonds. The molecule has 1 aromatic carbocycles. The number of benzene rings is 1. The van der Waals surface area contributed by atoms with Crippen molar-refractivity contribution in [1.29, 1.82) is 0 Å². The summed E-state index contributed by atoms with van der Waals surface area (Å²) in [6, 6.07) is 9.78. The lowest BCUT2D eigenvalue weighted by molar-refractivity contribution is -0.136. The largest absolute Gasteiger partial charge is 0.465 e. The molecule has 1 rings (SSSR count). The van der Waals surface area contributed by atoms with Crippen LogP contribution < -0.4 is 0 Å². The van der Waals surface area contributed by atoms with Crippen LogP contribution in [-0.4, -0.2) is 13.1 Å². The van der Waals surface area contributed by atoms with Gasteiger partial charge in [-0.3, -0.25) is 0 Å². The van der Waals surface area contributed by atoms with Gasteiger partial charge in [0.2, 0.25) is 0 Å². The third-order valence-electron chi connectivity index (χ3n) is 1.97. The van der Waals surface area contributed by atoms with Gasteiger partial charge in [-0.2, -0.15) is 0 Å². The molecule has 78 valence electrons. The minimum Gasteiger partial charge on any atom is -0.465 e. The summed E-state index contributed by atoms with van der Waals surface area (Å²) in [4.78, 5) is 11.4. The Morgan fingerprint density at radius 1 is 1.40 bits per heavy atom. The molecule has 1 aromatic rings. The Balaban J connectivity index is 2.87. The quantitative estimate of drug-likeness (QED) is 0.427. The van der Waals surface area contributed by atoms with Crippen LogP contribution in [0.2, 0.25) is 0 Å². The first-order valence-corrected chi connectivity index (χ1v) is 4.80. The number of esters is 1. The molecule has 0 bridgehead atoms. The Morgan fingerprint density at radius 3 is 2.60 bits per heavy atom. The van der Waals surface area contributed by atoms with Gasteiger partial charge in [0.1, 0.15) is 0 Å². The van der Waals surface area contributed by atoms with Crippen LogP contribution in [0, 0.1) is 0 Å². The van der Waals surface area contributed by atoms with Crippen molar-refractivity contribution in [3.8, 4) is 0 Å². The third kappa shape index (κ3) is 3.45. The van der Waals surface area contributed by atoms with Crippen LogP contribution in [0.3, 0.4) is 0 Å². The van der Waals surface area contributed by atoms with Crippen LogP contribution >= 0.6 is 0 Å². The van der Waals surface area contributed by atoms with Gasteiger partial charge in [-0.25, -0.2) is 4.79 Å². The maximum absolute atomic E-state index is 11.4. The van der Waals surface area contributed by atoms with Crippen molar-refractivity contribution in [3.05, 3.63) is 53.3 Å². The van der Waals surface area contributed by atoms with E-state index in [1.54, 1.807) is 6.08 Å². The molecule has 0 radical (unpaired) electrons. The highest BCUT2D eigenvalue weighted by atomic mass is 16.5. The Bertz CT molecular complexity index is 384. The van der Waals surface area contributed by atoms with E-state index in [0.717, 1.165) is 5.56 Å². The van der Waals surface area contributed by atoms with Crippen LogP contribution in [-0.2, 0) is 16.0 Å². The predicted octanol–water partition coefficient (Wildman–Crippen LogP) is 2.50. The van der Waals surface area contributed by atoms with Crippen LogP contribution in [0.5, 0.6) is 0 Å². The van der Waals surface area contributed by atoms with Gasteiger partial charge in [-0.1, -0.05) is 30.3 Å². The van der Waals surface area contributed by atoms with E-state index in [2.05, 4.69) is 10.5 Å². The van der Waals surface area contributed by atoms with Crippen LogP contribution in [0.25, 0.3) is 0 Å². The summed E-state index contributed by atoms with van der Waals surface area (Å²) in [5.41, 5.74) is 4.52. The molecule has 0 aliphatic rings. The van der Waals surface area contributed by atoms with Gasteiger partial charge in [-0.05, 0) is 18.6 Å². The number of carbonyl (C=O) groups excluding carboxylic acids is 1. The van der Waals surface area contributed by atoms with Crippen molar-refractivity contribution < 1.29 is 9.53 Å². The molecular formula is C13H14O2. The number of hydrogen-bond donors (Lipinski definition) is 0. The maximum atomic E-state index is 11.4. The topological polar surface area (TPSA) is 26.3 Å². The Hall–Kier alpha value is -1.79. The highest BCUT2D eigenvalue weighted by Gasteiger charge is 2.08. The fraction of sp³-hybridized carbons (Fsp3) is 0.231. The summed E-state index contributed by atoms with van der Waals surface area (Å²) in [6.45, 7) is 1.83. The Morgan fingerprint density at radius 2 is 2.07 bits per heavy atom. The van der Waals surface area contributed by atoms with Crippen molar-refractivity contribution in [2.75, 3.05) is 7.11 Å². The van der Waals surface area contributed by atoms with E-state index in [1.165, 1.54) is 7.11 Å². The number of carbonyl (C=O) groups is 1. The molecule has 0 atom stereocenters. The van der Waals surface area contributed by atoms with Gasteiger partial charge in [0.15, 0.2) is 0 Å². The van der Waals surface area contributed by atoms with Crippen molar-refractivity contribution >= 4 is 5.97 Å². The van der Waals surface area contributed by atoms with E-state index in [0.29, 0.717) is 12.0 Å². The summed E-state index contributed by atoms with van der Waals surface area (Å²) in [5, 5.41) is 0. The summed E-state index contributed by atoms with van der Waals surface area (Å²) < 4.78 is 4.68.